The highest BCUT2D eigenvalue weighted by molar-refractivity contribution is 7.09. The van der Waals surface area contributed by atoms with Gasteiger partial charge in [-0.2, -0.15) is 0 Å². The second kappa shape index (κ2) is 9.76. The van der Waals surface area contributed by atoms with Crippen LogP contribution in [0, 0.1) is 5.92 Å². The zero-order valence-electron chi connectivity index (χ0n) is 15.1. The van der Waals surface area contributed by atoms with Crippen LogP contribution in [0.3, 0.4) is 0 Å². The Hall–Kier alpha value is -2.61. The van der Waals surface area contributed by atoms with Gasteiger partial charge in [0.05, 0.1) is 7.11 Å². The average molecular weight is 377 g/mol. The molecule has 1 aromatic carbocycles. The van der Waals surface area contributed by atoms with Crippen molar-refractivity contribution in [2.24, 2.45) is 5.92 Å². The number of ether oxygens (including phenoxy) is 2. The number of para-hydroxylation sites is 2. The molecule has 8 heteroatoms. The number of carbonyl (C=O) groups excluding carboxylic acids is 2. The molecule has 0 aliphatic rings. The number of nitrogens with one attached hydrogen (secondary N) is 2. The molecular formula is C18H23N3O4S. The van der Waals surface area contributed by atoms with E-state index >= 15 is 0 Å². The quantitative estimate of drug-likeness (QED) is 0.654. The lowest BCUT2D eigenvalue weighted by molar-refractivity contribution is -0.123. The lowest BCUT2D eigenvalue weighted by atomic mass is 10.2. The summed E-state index contributed by atoms with van der Waals surface area (Å²) in [6.07, 6.45) is 0. The first-order valence-corrected chi connectivity index (χ1v) is 9.15. The van der Waals surface area contributed by atoms with Crippen molar-refractivity contribution in [3.63, 3.8) is 0 Å². The number of rotatable bonds is 9. The van der Waals surface area contributed by atoms with Gasteiger partial charge in [-0.05, 0) is 12.1 Å². The van der Waals surface area contributed by atoms with Crippen LogP contribution in [0.15, 0.2) is 29.6 Å². The first-order chi connectivity index (χ1) is 12.5. The molecule has 140 valence electrons. The minimum atomic E-state index is -0.274. The highest BCUT2D eigenvalue weighted by Gasteiger charge is 2.12. The minimum absolute atomic E-state index is 0.0383. The van der Waals surface area contributed by atoms with Crippen molar-refractivity contribution in [3.05, 3.63) is 40.3 Å². The van der Waals surface area contributed by atoms with E-state index in [-0.39, 0.29) is 24.3 Å². The van der Waals surface area contributed by atoms with Crippen LogP contribution >= 0.6 is 11.3 Å². The van der Waals surface area contributed by atoms with Crippen LogP contribution in [0.4, 0.5) is 0 Å². The van der Waals surface area contributed by atoms with E-state index in [0.717, 1.165) is 0 Å². The molecule has 7 nitrogen and oxygen atoms in total. The molecule has 0 saturated carbocycles. The first-order valence-electron chi connectivity index (χ1n) is 8.27. The van der Waals surface area contributed by atoms with Crippen LogP contribution in [0.25, 0.3) is 0 Å². The highest BCUT2D eigenvalue weighted by Crippen LogP contribution is 2.27. The fraction of sp³-hybridized carbons (Fsp3) is 0.389. The molecule has 2 amide bonds. The van der Waals surface area contributed by atoms with E-state index in [2.05, 4.69) is 15.6 Å². The third-order valence-corrected chi connectivity index (χ3v) is 4.26. The third-order valence-electron chi connectivity index (χ3n) is 3.44. The minimum Gasteiger partial charge on any atom is -0.493 e. The van der Waals surface area contributed by atoms with Crippen molar-refractivity contribution in [2.75, 3.05) is 20.2 Å². The number of carbonyl (C=O) groups is 2. The molecular weight excluding hydrogens is 354 g/mol. The molecule has 0 atom stereocenters. The molecule has 0 aliphatic heterocycles. The first kappa shape index (κ1) is 19.7. The van der Waals surface area contributed by atoms with Crippen LogP contribution in [-0.2, 0) is 11.4 Å². The largest absolute Gasteiger partial charge is 0.493 e. The van der Waals surface area contributed by atoms with Gasteiger partial charge in [0.15, 0.2) is 11.5 Å². The maximum atomic E-state index is 12.1. The normalized spacial score (nSPS) is 10.5. The maximum Gasteiger partial charge on any atom is 0.270 e. The van der Waals surface area contributed by atoms with E-state index in [1.807, 2.05) is 38.1 Å². The van der Waals surface area contributed by atoms with Crippen molar-refractivity contribution in [3.8, 4) is 11.5 Å². The van der Waals surface area contributed by atoms with Gasteiger partial charge in [0, 0.05) is 24.4 Å². The molecule has 0 saturated heterocycles. The zero-order chi connectivity index (χ0) is 18.9. The van der Waals surface area contributed by atoms with Crippen LogP contribution < -0.4 is 20.1 Å². The van der Waals surface area contributed by atoms with E-state index in [0.29, 0.717) is 35.3 Å². The maximum absolute atomic E-state index is 12.1. The van der Waals surface area contributed by atoms with Crippen molar-refractivity contribution in [1.82, 2.24) is 15.6 Å². The molecule has 2 rings (SSSR count). The summed E-state index contributed by atoms with van der Waals surface area (Å²) in [5.41, 5.74) is 0.337. The molecule has 0 spiro atoms. The van der Waals surface area contributed by atoms with Gasteiger partial charge in [0.25, 0.3) is 5.91 Å². The van der Waals surface area contributed by atoms with E-state index in [9.17, 15) is 9.59 Å². The molecule has 0 unspecified atom stereocenters. The summed E-state index contributed by atoms with van der Waals surface area (Å²) < 4.78 is 10.9. The highest BCUT2D eigenvalue weighted by atomic mass is 32.1. The summed E-state index contributed by atoms with van der Waals surface area (Å²) in [6.45, 7) is 4.62. The fourth-order valence-corrected chi connectivity index (χ4v) is 2.70. The Bertz CT molecular complexity index is 746. The number of amides is 2. The molecule has 0 fully saturated rings. The van der Waals surface area contributed by atoms with E-state index in [1.54, 1.807) is 12.5 Å². The number of benzene rings is 1. The Morgan fingerprint density at radius 3 is 2.54 bits per heavy atom. The lowest BCUT2D eigenvalue weighted by Crippen LogP contribution is -2.36. The number of aromatic nitrogens is 1. The Balaban J connectivity index is 1.79. The van der Waals surface area contributed by atoms with Crippen LogP contribution in [-0.4, -0.2) is 37.0 Å². The Labute approximate surface area is 156 Å². The van der Waals surface area contributed by atoms with Crippen molar-refractivity contribution in [2.45, 2.75) is 20.5 Å². The molecule has 0 aliphatic carbocycles. The monoisotopic (exact) mass is 377 g/mol. The summed E-state index contributed by atoms with van der Waals surface area (Å²) in [7, 11) is 1.58. The van der Waals surface area contributed by atoms with Crippen LogP contribution in [0.1, 0.15) is 29.3 Å². The Morgan fingerprint density at radius 1 is 1.15 bits per heavy atom. The smallest absolute Gasteiger partial charge is 0.270 e. The Morgan fingerprint density at radius 2 is 1.85 bits per heavy atom. The average Bonchev–Trinajstić information content (AvgIpc) is 3.12. The molecule has 1 aromatic heterocycles. The molecule has 2 N–H and O–H groups in total. The Kier molecular flexibility index (Phi) is 7.40. The molecule has 26 heavy (non-hydrogen) atoms. The number of hydrogen-bond donors (Lipinski definition) is 2. The van der Waals surface area contributed by atoms with Gasteiger partial charge in [0.2, 0.25) is 5.91 Å². The number of methoxy groups -OCH3 is 1. The summed E-state index contributed by atoms with van der Waals surface area (Å²) >= 11 is 1.35. The van der Waals surface area contributed by atoms with Gasteiger partial charge in [-0.1, -0.05) is 26.0 Å². The van der Waals surface area contributed by atoms with E-state index in [4.69, 9.17) is 9.47 Å². The number of thiazole rings is 1. The van der Waals surface area contributed by atoms with Crippen molar-refractivity contribution in [1.29, 1.82) is 0 Å². The van der Waals surface area contributed by atoms with Gasteiger partial charge in [-0.25, -0.2) is 4.98 Å². The lowest BCUT2D eigenvalue weighted by Gasteiger charge is -2.08. The molecule has 0 radical (unpaired) electrons. The number of hydrogen-bond acceptors (Lipinski definition) is 6. The molecule has 2 aromatic rings. The van der Waals surface area contributed by atoms with Gasteiger partial charge in [-0.15, -0.1) is 11.3 Å². The summed E-state index contributed by atoms with van der Waals surface area (Å²) in [5.74, 6) is 0.880. The van der Waals surface area contributed by atoms with Gasteiger partial charge in [-0.3, -0.25) is 9.59 Å². The SMILES string of the molecule is COc1ccccc1OCc1nc(C(=O)NCCNC(=O)C(C)C)cs1. The molecule has 1 heterocycles. The van der Waals surface area contributed by atoms with Gasteiger partial charge >= 0.3 is 0 Å². The fourth-order valence-electron chi connectivity index (χ4n) is 2.02. The van der Waals surface area contributed by atoms with E-state index in [1.165, 1.54) is 11.3 Å². The second-order valence-corrected chi connectivity index (χ2v) is 6.71. The van der Waals surface area contributed by atoms with Crippen LogP contribution in [0.2, 0.25) is 0 Å². The standard InChI is InChI=1S/C18H23N3O4S/c1-12(2)17(22)19-8-9-20-18(23)13-11-26-16(21-13)10-25-15-7-5-4-6-14(15)24-3/h4-7,11-12H,8-10H2,1-3H3,(H,19,22)(H,20,23). The predicted molar refractivity (Wildman–Crippen MR) is 99.6 cm³/mol. The zero-order valence-corrected chi connectivity index (χ0v) is 15.9. The van der Waals surface area contributed by atoms with Crippen molar-refractivity contribution >= 4 is 23.2 Å². The van der Waals surface area contributed by atoms with E-state index < -0.39 is 0 Å². The predicted octanol–water partition coefficient (Wildman–Crippen LogP) is 2.23. The molecule has 0 bridgehead atoms. The third kappa shape index (κ3) is 5.73. The summed E-state index contributed by atoms with van der Waals surface area (Å²) in [6, 6.07) is 7.34. The second-order valence-electron chi connectivity index (χ2n) is 5.77. The van der Waals surface area contributed by atoms with Crippen LogP contribution in [0.5, 0.6) is 11.5 Å². The summed E-state index contributed by atoms with van der Waals surface area (Å²) in [5, 5.41) is 7.84. The van der Waals surface area contributed by atoms with Gasteiger partial charge in [0.1, 0.15) is 17.3 Å². The summed E-state index contributed by atoms with van der Waals surface area (Å²) in [4.78, 5) is 27.8. The number of nitrogens with zero attached hydrogens (tertiary/aromatic N) is 1. The topological polar surface area (TPSA) is 89.6 Å². The van der Waals surface area contributed by atoms with Crippen molar-refractivity contribution < 1.29 is 19.1 Å². The van der Waals surface area contributed by atoms with Gasteiger partial charge < -0.3 is 20.1 Å².